The molecule has 4 atom stereocenters. The van der Waals surface area contributed by atoms with Crippen molar-refractivity contribution in [3.8, 4) is 0 Å². The molecular weight excluding hydrogens is 377 g/mol. The van der Waals surface area contributed by atoms with Gasteiger partial charge >= 0.3 is 0 Å². The average molecular weight is 404 g/mol. The fourth-order valence-corrected chi connectivity index (χ4v) is 3.31. The van der Waals surface area contributed by atoms with Crippen molar-refractivity contribution >= 4 is 17.5 Å². The van der Waals surface area contributed by atoms with Crippen LogP contribution in [0.4, 0.5) is 4.39 Å². The third-order valence-electron chi connectivity index (χ3n) is 4.70. The van der Waals surface area contributed by atoms with Crippen LogP contribution < -0.4 is 5.32 Å². The van der Waals surface area contributed by atoms with Gasteiger partial charge in [-0.3, -0.25) is 9.69 Å². The number of benzene rings is 1. The van der Waals surface area contributed by atoms with Crippen LogP contribution in [-0.2, 0) is 4.74 Å². The topological polar surface area (TPSA) is 85.3 Å². The van der Waals surface area contributed by atoms with E-state index in [1.165, 1.54) is 12.1 Å². The Morgan fingerprint density at radius 3 is 2.59 bits per heavy atom. The minimum atomic E-state index is -0.871. The number of aliphatic hydroxyl groups excluding tert-OH is 2. The van der Waals surface area contributed by atoms with Crippen LogP contribution in [-0.4, -0.2) is 97.7 Å². The van der Waals surface area contributed by atoms with Gasteiger partial charge in [-0.25, -0.2) is 4.39 Å². The molecule has 9 heteroatoms. The number of carbonyl (C=O) groups excluding carboxylic acids is 1. The van der Waals surface area contributed by atoms with Crippen molar-refractivity contribution in [2.24, 2.45) is 0 Å². The Balaban J connectivity index is 2.02. The molecule has 1 aliphatic heterocycles. The van der Waals surface area contributed by atoms with Crippen LogP contribution in [0, 0.1) is 5.82 Å². The SMILES string of the molecule is CN(C)CCN(C)C1C(CNC(=O)c2ccc(F)c(Cl)c2)OC(CO)C1O. The van der Waals surface area contributed by atoms with Gasteiger partial charge in [0.2, 0.25) is 0 Å². The van der Waals surface area contributed by atoms with Crippen molar-refractivity contribution < 1.29 is 24.1 Å². The van der Waals surface area contributed by atoms with E-state index in [-0.39, 0.29) is 29.8 Å². The van der Waals surface area contributed by atoms with Gasteiger partial charge < -0.3 is 25.2 Å². The zero-order valence-corrected chi connectivity index (χ0v) is 16.5. The molecule has 4 unspecified atom stereocenters. The first-order valence-corrected chi connectivity index (χ1v) is 9.15. The van der Waals surface area contributed by atoms with Crippen molar-refractivity contribution in [2.75, 3.05) is 47.4 Å². The first kappa shape index (κ1) is 22.0. The molecule has 1 fully saturated rings. The molecule has 0 saturated carbocycles. The number of aliphatic hydroxyl groups is 2. The fraction of sp³-hybridized carbons (Fsp3) is 0.611. The van der Waals surface area contributed by atoms with E-state index >= 15 is 0 Å². The van der Waals surface area contributed by atoms with Gasteiger partial charge in [0.05, 0.1) is 23.8 Å². The standard InChI is InChI=1S/C18H27ClFN3O4/c1-22(2)6-7-23(3)16-14(27-15(10-24)17(16)25)9-21-18(26)11-4-5-13(20)12(19)8-11/h4-5,8,14-17,24-25H,6-7,9-10H2,1-3H3,(H,21,26). The monoisotopic (exact) mass is 403 g/mol. The van der Waals surface area contributed by atoms with Gasteiger partial charge in [0, 0.05) is 25.2 Å². The molecule has 2 rings (SSSR count). The third-order valence-corrected chi connectivity index (χ3v) is 4.99. The van der Waals surface area contributed by atoms with Crippen LogP contribution in [0.5, 0.6) is 0 Å². The summed E-state index contributed by atoms with van der Waals surface area (Å²) in [6.07, 6.45) is -2.08. The van der Waals surface area contributed by atoms with E-state index in [9.17, 15) is 19.4 Å². The van der Waals surface area contributed by atoms with Crippen molar-refractivity contribution in [3.63, 3.8) is 0 Å². The Hall–Kier alpha value is -1.29. The Labute approximate surface area is 163 Å². The van der Waals surface area contributed by atoms with Gasteiger partial charge in [-0.2, -0.15) is 0 Å². The third kappa shape index (κ3) is 5.60. The number of nitrogens with one attached hydrogen (secondary N) is 1. The maximum Gasteiger partial charge on any atom is 0.251 e. The predicted octanol–water partition coefficient (Wildman–Crippen LogP) is 0.192. The lowest BCUT2D eigenvalue weighted by molar-refractivity contribution is -0.0209. The van der Waals surface area contributed by atoms with E-state index < -0.39 is 30.0 Å². The second-order valence-corrected chi connectivity index (χ2v) is 7.41. The molecule has 7 nitrogen and oxygen atoms in total. The Morgan fingerprint density at radius 2 is 2.00 bits per heavy atom. The van der Waals surface area contributed by atoms with E-state index in [2.05, 4.69) is 5.32 Å². The molecule has 1 heterocycles. The van der Waals surface area contributed by atoms with E-state index in [0.29, 0.717) is 6.54 Å². The highest BCUT2D eigenvalue weighted by molar-refractivity contribution is 6.31. The Bertz CT molecular complexity index is 649. The highest BCUT2D eigenvalue weighted by atomic mass is 35.5. The summed E-state index contributed by atoms with van der Waals surface area (Å²) in [5, 5.41) is 22.5. The Morgan fingerprint density at radius 1 is 1.30 bits per heavy atom. The minimum Gasteiger partial charge on any atom is -0.394 e. The van der Waals surface area contributed by atoms with Gasteiger partial charge in [-0.1, -0.05) is 11.6 Å². The van der Waals surface area contributed by atoms with Crippen LogP contribution in [0.15, 0.2) is 18.2 Å². The van der Waals surface area contributed by atoms with E-state index in [1.807, 2.05) is 30.9 Å². The molecule has 152 valence electrons. The van der Waals surface area contributed by atoms with Crippen LogP contribution in [0.3, 0.4) is 0 Å². The normalized spacial score (nSPS) is 25.4. The molecule has 3 N–H and O–H groups in total. The summed E-state index contributed by atoms with van der Waals surface area (Å²) < 4.78 is 19.0. The van der Waals surface area contributed by atoms with Gasteiger partial charge in [-0.05, 0) is 39.3 Å². The molecule has 0 bridgehead atoms. The van der Waals surface area contributed by atoms with Crippen LogP contribution >= 0.6 is 11.6 Å². The maximum absolute atomic E-state index is 13.2. The smallest absolute Gasteiger partial charge is 0.251 e. The summed E-state index contributed by atoms with van der Waals surface area (Å²) >= 11 is 5.72. The van der Waals surface area contributed by atoms with Crippen molar-refractivity contribution in [1.29, 1.82) is 0 Å². The molecule has 0 spiro atoms. The molecule has 27 heavy (non-hydrogen) atoms. The number of nitrogens with zero attached hydrogens (tertiary/aromatic N) is 2. The first-order valence-electron chi connectivity index (χ1n) is 8.77. The molecular formula is C18H27ClFN3O4. The number of likely N-dealkylation sites (N-methyl/N-ethyl adjacent to an activating group) is 2. The molecule has 0 aliphatic carbocycles. The fourth-order valence-electron chi connectivity index (χ4n) is 3.13. The number of hydrogen-bond acceptors (Lipinski definition) is 6. The molecule has 1 aromatic rings. The van der Waals surface area contributed by atoms with Gasteiger partial charge in [-0.15, -0.1) is 0 Å². The summed E-state index contributed by atoms with van der Waals surface area (Å²) in [7, 11) is 5.78. The second-order valence-electron chi connectivity index (χ2n) is 7.00. The molecule has 0 aromatic heterocycles. The summed E-state index contributed by atoms with van der Waals surface area (Å²) in [6.45, 7) is 1.31. The predicted molar refractivity (Wildman–Crippen MR) is 100 cm³/mol. The lowest BCUT2D eigenvalue weighted by atomic mass is 10.0. The number of ether oxygens (including phenoxy) is 1. The van der Waals surface area contributed by atoms with E-state index in [0.717, 1.165) is 12.6 Å². The summed E-state index contributed by atoms with van der Waals surface area (Å²) in [6, 6.07) is 3.36. The number of halogens is 2. The summed E-state index contributed by atoms with van der Waals surface area (Å²) in [5.74, 6) is -1.01. The number of rotatable bonds is 8. The minimum absolute atomic E-state index is 0.128. The highest BCUT2D eigenvalue weighted by Crippen LogP contribution is 2.25. The lowest BCUT2D eigenvalue weighted by Crippen LogP contribution is -2.51. The van der Waals surface area contributed by atoms with E-state index in [4.69, 9.17) is 16.3 Å². The van der Waals surface area contributed by atoms with E-state index in [1.54, 1.807) is 0 Å². The zero-order valence-electron chi connectivity index (χ0n) is 15.7. The highest BCUT2D eigenvalue weighted by Gasteiger charge is 2.45. The molecule has 1 amide bonds. The first-order chi connectivity index (χ1) is 12.7. The zero-order chi connectivity index (χ0) is 20.1. The second kappa shape index (κ2) is 9.77. The van der Waals surface area contributed by atoms with Crippen molar-refractivity contribution in [3.05, 3.63) is 34.6 Å². The van der Waals surface area contributed by atoms with Crippen LogP contribution in [0.2, 0.25) is 5.02 Å². The van der Waals surface area contributed by atoms with Crippen LogP contribution in [0.25, 0.3) is 0 Å². The van der Waals surface area contributed by atoms with Crippen molar-refractivity contribution in [2.45, 2.75) is 24.4 Å². The summed E-state index contributed by atoms with van der Waals surface area (Å²) in [4.78, 5) is 16.3. The molecule has 1 aliphatic rings. The number of hydrogen-bond donors (Lipinski definition) is 3. The molecule has 1 aromatic carbocycles. The number of amides is 1. The van der Waals surface area contributed by atoms with Gasteiger partial charge in [0.1, 0.15) is 18.0 Å². The van der Waals surface area contributed by atoms with Gasteiger partial charge in [0.15, 0.2) is 0 Å². The van der Waals surface area contributed by atoms with Crippen molar-refractivity contribution in [1.82, 2.24) is 15.1 Å². The average Bonchev–Trinajstić information content (AvgIpc) is 2.95. The lowest BCUT2D eigenvalue weighted by Gasteiger charge is -2.31. The largest absolute Gasteiger partial charge is 0.394 e. The van der Waals surface area contributed by atoms with Crippen LogP contribution in [0.1, 0.15) is 10.4 Å². The number of carbonyl (C=O) groups is 1. The Kier molecular flexibility index (Phi) is 7.96. The summed E-state index contributed by atoms with van der Waals surface area (Å²) in [5.41, 5.74) is 0.233. The quantitative estimate of drug-likeness (QED) is 0.574. The maximum atomic E-state index is 13.2. The van der Waals surface area contributed by atoms with Gasteiger partial charge in [0.25, 0.3) is 5.91 Å². The molecule has 1 saturated heterocycles. The molecule has 0 radical (unpaired) electrons.